The second-order valence-electron chi connectivity index (χ2n) is 3.58. The summed E-state index contributed by atoms with van der Waals surface area (Å²) in [7, 11) is 0. The van der Waals surface area contributed by atoms with E-state index in [0.717, 1.165) is 26.8 Å². The molecule has 0 saturated carbocycles. The van der Waals surface area contributed by atoms with Gasteiger partial charge in [-0.25, -0.2) is 0 Å². The first-order valence-corrected chi connectivity index (χ1v) is 5.61. The maximum Gasteiger partial charge on any atom is 0.104 e. The number of nitrogens with zero attached hydrogens (tertiary/aromatic N) is 1. The number of hydrogen-bond donors (Lipinski definition) is 3. The quantitative estimate of drug-likeness (QED) is 0.640. The number of benzene rings is 1. The topological polar surface area (TPSA) is 70.5 Å². The van der Waals surface area contributed by atoms with Crippen LogP contribution in [0.25, 0.3) is 22.3 Å². The van der Waals surface area contributed by atoms with Crippen molar-refractivity contribution in [1.82, 2.24) is 15.2 Å². The molecule has 0 spiro atoms. The van der Waals surface area contributed by atoms with E-state index in [1.54, 1.807) is 6.20 Å². The SMILES string of the molecule is Nc1cn[nH]c1-c1cc2c(Br)cccc2[nH]1. The van der Waals surface area contributed by atoms with E-state index in [0.29, 0.717) is 5.69 Å². The molecule has 80 valence electrons. The van der Waals surface area contributed by atoms with Crippen molar-refractivity contribution in [3.05, 3.63) is 34.9 Å². The number of nitrogens with one attached hydrogen (secondary N) is 2. The van der Waals surface area contributed by atoms with Gasteiger partial charge in [0.05, 0.1) is 17.6 Å². The molecule has 0 aliphatic carbocycles. The van der Waals surface area contributed by atoms with Gasteiger partial charge < -0.3 is 10.7 Å². The van der Waals surface area contributed by atoms with E-state index in [1.165, 1.54) is 0 Å². The van der Waals surface area contributed by atoms with Gasteiger partial charge in [0.2, 0.25) is 0 Å². The fourth-order valence-corrected chi connectivity index (χ4v) is 2.24. The van der Waals surface area contributed by atoms with Crippen LogP contribution in [0.2, 0.25) is 0 Å². The minimum atomic E-state index is 0.641. The highest BCUT2D eigenvalue weighted by Crippen LogP contribution is 2.30. The zero-order valence-corrected chi connectivity index (χ0v) is 9.88. The lowest BCUT2D eigenvalue weighted by atomic mass is 10.2. The molecule has 2 aromatic heterocycles. The number of anilines is 1. The number of nitrogen functional groups attached to an aromatic ring is 1. The average Bonchev–Trinajstić information content (AvgIpc) is 2.84. The third-order valence-corrected chi connectivity index (χ3v) is 3.24. The number of hydrogen-bond acceptors (Lipinski definition) is 2. The number of nitrogens with two attached hydrogens (primary N) is 1. The normalized spacial score (nSPS) is 11.1. The zero-order valence-electron chi connectivity index (χ0n) is 8.29. The van der Waals surface area contributed by atoms with Gasteiger partial charge in [-0.3, -0.25) is 5.10 Å². The molecule has 1 aromatic carbocycles. The number of halogens is 1. The Hall–Kier alpha value is -1.75. The van der Waals surface area contributed by atoms with Crippen LogP contribution in [-0.2, 0) is 0 Å². The fourth-order valence-electron chi connectivity index (χ4n) is 1.76. The van der Waals surface area contributed by atoms with E-state index < -0.39 is 0 Å². The summed E-state index contributed by atoms with van der Waals surface area (Å²) >= 11 is 3.51. The van der Waals surface area contributed by atoms with Gasteiger partial charge in [0.25, 0.3) is 0 Å². The molecule has 2 heterocycles. The molecule has 0 radical (unpaired) electrons. The van der Waals surface area contributed by atoms with Crippen molar-refractivity contribution >= 4 is 32.5 Å². The van der Waals surface area contributed by atoms with E-state index in [-0.39, 0.29) is 0 Å². The average molecular weight is 277 g/mol. The lowest BCUT2D eigenvalue weighted by Crippen LogP contribution is -1.85. The first-order valence-electron chi connectivity index (χ1n) is 4.82. The summed E-state index contributed by atoms with van der Waals surface area (Å²) in [6.45, 7) is 0. The number of aromatic amines is 2. The molecule has 0 unspecified atom stereocenters. The summed E-state index contributed by atoms with van der Waals surface area (Å²) in [5.41, 5.74) is 9.28. The van der Waals surface area contributed by atoms with Gasteiger partial charge in [0.1, 0.15) is 5.69 Å². The molecule has 0 aliphatic rings. The first kappa shape index (κ1) is 9.47. The first-order chi connectivity index (χ1) is 7.75. The summed E-state index contributed by atoms with van der Waals surface area (Å²) in [6.07, 6.45) is 1.61. The molecule has 0 aliphatic heterocycles. The summed E-state index contributed by atoms with van der Waals surface area (Å²) in [5.74, 6) is 0. The fraction of sp³-hybridized carbons (Fsp3) is 0. The summed E-state index contributed by atoms with van der Waals surface area (Å²) in [4.78, 5) is 3.30. The van der Waals surface area contributed by atoms with Crippen LogP contribution in [0.3, 0.4) is 0 Å². The molecule has 0 fully saturated rings. The monoisotopic (exact) mass is 276 g/mol. The van der Waals surface area contributed by atoms with Gasteiger partial charge in [-0.15, -0.1) is 0 Å². The molecule has 3 aromatic rings. The lowest BCUT2D eigenvalue weighted by Gasteiger charge is -1.92. The van der Waals surface area contributed by atoms with Gasteiger partial charge in [0, 0.05) is 15.4 Å². The van der Waals surface area contributed by atoms with E-state index in [9.17, 15) is 0 Å². The maximum atomic E-state index is 5.81. The molecule has 5 heteroatoms. The van der Waals surface area contributed by atoms with Crippen molar-refractivity contribution in [2.24, 2.45) is 0 Å². The smallest absolute Gasteiger partial charge is 0.104 e. The Kier molecular flexibility index (Phi) is 2.00. The van der Waals surface area contributed by atoms with Gasteiger partial charge in [-0.05, 0) is 18.2 Å². The Morgan fingerprint density at radius 3 is 2.88 bits per heavy atom. The molecular weight excluding hydrogens is 268 g/mol. The Morgan fingerprint density at radius 2 is 2.19 bits per heavy atom. The predicted molar refractivity (Wildman–Crippen MR) is 68.0 cm³/mol. The van der Waals surface area contributed by atoms with E-state index in [1.807, 2.05) is 24.3 Å². The van der Waals surface area contributed by atoms with Crippen LogP contribution in [0.4, 0.5) is 5.69 Å². The summed E-state index contributed by atoms with van der Waals surface area (Å²) < 4.78 is 1.06. The van der Waals surface area contributed by atoms with Crippen molar-refractivity contribution in [2.75, 3.05) is 5.73 Å². The molecule has 4 N–H and O–H groups in total. The minimum Gasteiger partial charge on any atom is -0.396 e. The van der Waals surface area contributed by atoms with Crippen LogP contribution in [0.5, 0.6) is 0 Å². The highest BCUT2D eigenvalue weighted by atomic mass is 79.9. The zero-order chi connectivity index (χ0) is 11.1. The van der Waals surface area contributed by atoms with Gasteiger partial charge in [-0.1, -0.05) is 22.0 Å². The number of H-pyrrole nitrogens is 2. The van der Waals surface area contributed by atoms with Gasteiger partial charge >= 0.3 is 0 Å². The van der Waals surface area contributed by atoms with E-state index in [4.69, 9.17) is 5.73 Å². The highest BCUT2D eigenvalue weighted by Gasteiger charge is 2.09. The van der Waals surface area contributed by atoms with E-state index in [2.05, 4.69) is 31.1 Å². The molecule has 3 rings (SSSR count). The summed E-state index contributed by atoms with van der Waals surface area (Å²) in [5, 5.41) is 7.92. The lowest BCUT2D eigenvalue weighted by molar-refractivity contribution is 1.09. The second kappa shape index (κ2) is 3.38. The van der Waals surface area contributed by atoms with Crippen LogP contribution < -0.4 is 5.73 Å². The largest absolute Gasteiger partial charge is 0.396 e. The third kappa shape index (κ3) is 1.32. The Labute approximate surface area is 100.0 Å². The molecule has 4 nitrogen and oxygen atoms in total. The van der Waals surface area contributed by atoms with Gasteiger partial charge in [-0.2, -0.15) is 5.10 Å². The van der Waals surface area contributed by atoms with Crippen LogP contribution in [0.1, 0.15) is 0 Å². The Balaban J connectivity index is 2.27. The summed E-state index contributed by atoms with van der Waals surface area (Å²) in [6, 6.07) is 8.07. The van der Waals surface area contributed by atoms with Crippen molar-refractivity contribution in [3.8, 4) is 11.4 Å². The second-order valence-corrected chi connectivity index (χ2v) is 4.44. The molecule has 0 amide bonds. The maximum absolute atomic E-state index is 5.81. The minimum absolute atomic E-state index is 0.641. The van der Waals surface area contributed by atoms with Crippen LogP contribution >= 0.6 is 15.9 Å². The Bertz CT molecular complexity index is 653. The van der Waals surface area contributed by atoms with Crippen molar-refractivity contribution < 1.29 is 0 Å². The predicted octanol–water partition coefficient (Wildman–Crippen LogP) is 2.90. The van der Waals surface area contributed by atoms with Crippen LogP contribution in [0, 0.1) is 0 Å². The number of fused-ring (bicyclic) bond motifs is 1. The molecule has 16 heavy (non-hydrogen) atoms. The molecule has 0 atom stereocenters. The third-order valence-electron chi connectivity index (χ3n) is 2.55. The number of rotatable bonds is 1. The van der Waals surface area contributed by atoms with Crippen molar-refractivity contribution in [3.63, 3.8) is 0 Å². The molecular formula is C11H9BrN4. The van der Waals surface area contributed by atoms with E-state index >= 15 is 0 Å². The number of aromatic nitrogens is 3. The Morgan fingerprint density at radius 1 is 1.31 bits per heavy atom. The molecule has 0 bridgehead atoms. The van der Waals surface area contributed by atoms with Crippen LogP contribution in [0.15, 0.2) is 34.9 Å². The van der Waals surface area contributed by atoms with Crippen molar-refractivity contribution in [1.29, 1.82) is 0 Å². The molecule has 0 saturated heterocycles. The van der Waals surface area contributed by atoms with Gasteiger partial charge in [0.15, 0.2) is 0 Å². The highest BCUT2D eigenvalue weighted by molar-refractivity contribution is 9.10. The van der Waals surface area contributed by atoms with Crippen molar-refractivity contribution in [2.45, 2.75) is 0 Å². The van der Waals surface area contributed by atoms with Crippen LogP contribution in [-0.4, -0.2) is 15.2 Å². The standard InChI is InChI=1S/C11H9BrN4/c12-7-2-1-3-9-6(7)4-10(15-9)11-8(13)5-14-16-11/h1-5,15H,13H2,(H,14,16).